The van der Waals surface area contributed by atoms with Crippen LogP contribution in [-0.2, 0) is 4.74 Å². The summed E-state index contributed by atoms with van der Waals surface area (Å²) in [5, 5.41) is 4.17. The molecule has 1 aromatic heterocycles. The maximum absolute atomic E-state index is 13.1. The molecule has 146 valence electrons. The van der Waals surface area contributed by atoms with Crippen LogP contribution in [0.1, 0.15) is 42.6 Å². The van der Waals surface area contributed by atoms with Crippen LogP contribution >= 0.6 is 0 Å². The molecule has 0 atom stereocenters. The topological polar surface area (TPSA) is 39.2 Å². The standard InChI is InChI=1S/C26H25NO2/c1-4-29-16-24(28)25-21-8-6-5-7-18(21)9-12-23(25)26-22-11-10-19(17(2)3)15-20(22)13-14-27-26/h5-15,17H,4,16H2,1-3H3. The molecule has 0 amide bonds. The second-order valence-corrected chi connectivity index (χ2v) is 7.56. The second-order valence-electron chi connectivity index (χ2n) is 7.56. The molecule has 4 aromatic rings. The van der Waals surface area contributed by atoms with Crippen LogP contribution in [0.15, 0.2) is 66.9 Å². The van der Waals surface area contributed by atoms with Crippen LogP contribution < -0.4 is 0 Å². The molecule has 0 spiro atoms. The summed E-state index contributed by atoms with van der Waals surface area (Å²) < 4.78 is 5.45. The molecule has 29 heavy (non-hydrogen) atoms. The molecule has 0 saturated carbocycles. The Morgan fingerprint density at radius 1 is 0.966 bits per heavy atom. The summed E-state index contributed by atoms with van der Waals surface area (Å²) in [7, 11) is 0. The van der Waals surface area contributed by atoms with E-state index in [1.165, 1.54) is 5.56 Å². The first-order valence-corrected chi connectivity index (χ1v) is 10.1. The number of nitrogens with zero attached hydrogens (tertiary/aromatic N) is 1. The maximum Gasteiger partial charge on any atom is 0.189 e. The zero-order valence-electron chi connectivity index (χ0n) is 17.1. The smallest absolute Gasteiger partial charge is 0.189 e. The molecular formula is C26H25NO2. The van der Waals surface area contributed by atoms with E-state index < -0.39 is 0 Å². The number of aromatic nitrogens is 1. The van der Waals surface area contributed by atoms with Crippen molar-refractivity contribution in [2.24, 2.45) is 0 Å². The largest absolute Gasteiger partial charge is 0.374 e. The highest BCUT2D eigenvalue weighted by molar-refractivity contribution is 6.15. The highest BCUT2D eigenvalue weighted by Gasteiger charge is 2.19. The van der Waals surface area contributed by atoms with Gasteiger partial charge in [-0.3, -0.25) is 9.78 Å². The summed E-state index contributed by atoms with van der Waals surface area (Å²) >= 11 is 0. The number of pyridine rings is 1. The fraction of sp³-hybridized carbons (Fsp3) is 0.231. The molecule has 0 bridgehead atoms. The van der Waals surface area contributed by atoms with Gasteiger partial charge in [0.1, 0.15) is 6.61 Å². The summed E-state index contributed by atoms with van der Waals surface area (Å²) in [6.45, 7) is 6.86. The maximum atomic E-state index is 13.1. The van der Waals surface area contributed by atoms with Crippen LogP contribution in [0.3, 0.4) is 0 Å². The molecule has 0 fully saturated rings. The highest BCUT2D eigenvalue weighted by Crippen LogP contribution is 2.34. The zero-order chi connectivity index (χ0) is 20.4. The van der Waals surface area contributed by atoms with Gasteiger partial charge in [0.05, 0.1) is 5.69 Å². The van der Waals surface area contributed by atoms with Gasteiger partial charge in [-0.1, -0.05) is 68.4 Å². The number of ketones is 1. The van der Waals surface area contributed by atoms with E-state index in [1.54, 1.807) is 0 Å². The van der Waals surface area contributed by atoms with Gasteiger partial charge in [-0.2, -0.15) is 0 Å². The fourth-order valence-electron chi connectivity index (χ4n) is 3.81. The Balaban J connectivity index is 1.97. The number of Topliss-reactive ketones (excluding diaryl/α,β-unsaturated/α-hetero) is 1. The number of hydrogen-bond acceptors (Lipinski definition) is 3. The number of carbonyl (C=O) groups excluding carboxylic acids is 1. The number of ether oxygens (including phenoxy) is 1. The monoisotopic (exact) mass is 383 g/mol. The molecule has 0 aliphatic rings. The number of fused-ring (bicyclic) bond motifs is 2. The molecule has 0 unspecified atom stereocenters. The molecule has 3 aromatic carbocycles. The molecule has 0 radical (unpaired) electrons. The predicted octanol–water partition coefficient (Wildman–Crippen LogP) is 6.40. The third kappa shape index (κ3) is 3.66. The van der Waals surface area contributed by atoms with Gasteiger partial charge in [-0.25, -0.2) is 0 Å². The van der Waals surface area contributed by atoms with E-state index in [9.17, 15) is 4.79 Å². The first-order valence-electron chi connectivity index (χ1n) is 10.1. The zero-order valence-corrected chi connectivity index (χ0v) is 17.1. The first kappa shape index (κ1) is 19.3. The van der Waals surface area contributed by atoms with E-state index in [0.717, 1.165) is 32.8 Å². The van der Waals surface area contributed by atoms with Crippen LogP contribution in [-0.4, -0.2) is 24.0 Å². The van der Waals surface area contributed by atoms with Gasteiger partial charge in [0.25, 0.3) is 0 Å². The Bertz CT molecular complexity index is 1190. The van der Waals surface area contributed by atoms with Crippen LogP contribution in [0.25, 0.3) is 32.8 Å². The van der Waals surface area contributed by atoms with Gasteiger partial charge in [0.2, 0.25) is 0 Å². The minimum absolute atomic E-state index is 0.0174. The van der Waals surface area contributed by atoms with Gasteiger partial charge in [-0.15, -0.1) is 0 Å². The van der Waals surface area contributed by atoms with Crippen molar-refractivity contribution >= 4 is 27.3 Å². The van der Waals surface area contributed by atoms with Crippen LogP contribution in [0.4, 0.5) is 0 Å². The molecule has 0 N–H and O–H groups in total. The Morgan fingerprint density at radius 3 is 2.59 bits per heavy atom. The van der Waals surface area contributed by atoms with Crippen molar-refractivity contribution in [2.75, 3.05) is 13.2 Å². The average Bonchev–Trinajstić information content (AvgIpc) is 2.75. The summed E-state index contributed by atoms with van der Waals surface area (Å²) in [6, 6.07) is 20.6. The molecule has 1 heterocycles. The van der Waals surface area contributed by atoms with Gasteiger partial charge < -0.3 is 4.74 Å². The summed E-state index contributed by atoms with van der Waals surface area (Å²) in [6.07, 6.45) is 1.83. The van der Waals surface area contributed by atoms with Crippen molar-refractivity contribution in [1.29, 1.82) is 0 Å². The van der Waals surface area contributed by atoms with Crippen LogP contribution in [0.5, 0.6) is 0 Å². The summed E-state index contributed by atoms with van der Waals surface area (Å²) in [5.41, 5.74) is 3.67. The van der Waals surface area contributed by atoms with E-state index in [0.29, 0.717) is 18.1 Å². The lowest BCUT2D eigenvalue weighted by Gasteiger charge is -2.15. The minimum Gasteiger partial charge on any atom is -0.374 e. The molecule has 0 saturated heterocycles. The van der Waals surface area contributed by atoms with Crippen molar-refractivity contribution in [3.63, 3.8) is 0 Å². The Labute approximate surface area is 171 Å². The van der Waals surface area contributed by atoms with Crippen LogP contribution in [0, 0.1) is 0 Å². The van der Waals surface area contributed by atoms with E-state index in [4.69, 9.17) is 4.74 Å². The van der Waals surface area contributed by atoms with E-state index in [-0.39, 0.29) is 12.4 Å². The third-order valence-corrected chi connectivity index (χ3v) is 5.36. The van der Waals surface area contributed by atoms with Gasteiger partial charge in [0, 0.05) is 29.3 Å². The summed E-state index contributed by atoms with van der Waals surface area (Å²) in [4.78, 5) is 17.8. The van der Waals surface area contributed by atoms with E-state index >= 15 is 0 Å². The van der Waals surface area contributed by atoms with Crippen molar-refractivity contribution in [3.05, 3.63) is 78.0 Å². The lowest BCUT2D eigenvalue weighted by molar-refractivity contribution is 0.0785. The Kier molecular flexibility index (Phi) is 5.41. The van der Waals surface area contributed by atoms with Crippen LogP contribution in [0.2, 0.25) is 0 Å². The summed E-state index contributed by atoms with van der Waals surface area (Å²) in [5.74, 6) is 0.441. The SMILES string of the molecule is CCOCC(=O)c1c(-c2nccc3cc(C(C)C)ccc23)ccc2ccccc12. The molecule has 0 aliphatic heterocycles. The Hall–Kier alpha value is -3.04. The van der Waals surface area contributed by atoms with Gasteiger partial charge in [-0.05, 0) is 40.6 Å². The molecule has 4 rings (SSSR count). The van der Waals surface area contributed by atoms with Crippen molar-refractivity contribution in [1.82, 2.24) is 4.98 Å². The molecule has 3 nitrogen and oxygen atoms in total. The van der Waals surface area contributed by atoms with Crippen molar-refractivity contribution < 1.29 is 9.53 Å². The number of hydrogen-bond donors (Lipinski definition) is 0. The number of benzene rings is 3. The first-order chi connectivity index (χ1) is 14.1. The molecule has 3 heteroatoms. The van der Waals surface area contributed by atoms with E-state index in [1.807, 2.05) is 49.5 Å². The quantitative estimate of drug-likeness (QED) is 0.362. The second kappa shape index (κ2) is 8.14. The number of rotatable bonds is 6. The fourth-order valence-corrected chi connectivity index (χ4v) is 3.81. The van der Waals surface area contributed by atoms with Crippen molar-refractivity contribution in [2.45, 2.75) is 26.7 Å². The lowest BCUT2D eigenvalue weighted by atomic mass is 9.91. The van der Waals surface area contributed by atoms with Gasteiger partial charge >= 0.3 is 0 Å². The Morgan fingerprint density at radius 2 is 1.79 bits per heavy atom. The minimum atomic E-state index is -0.0174. The van der Waals surface area contributed by atoms with Gasteiger partial charge in [0.15, 0.2) is 5.78 Å². The molecular weight excluding hydrogens is 358 g/mol. The lowest BCUT2D eigenvalue weighted by Crippen LogP contribution is -2.11. The third-order valence-electron chi connectivity index (χ3n) is 5.36. The van der Waals surface area contributed by atoms with Crippen molar-refractivity contribution in [3.8, 4) is 11.3 Å². The predicted molar refractivity (Wildman–Crippen MR) is 120 cm³/mol. The highest BCUT2D eigenvalue weighted by atomic mass is 16.5. The normalized spacial score (nSPS) is 11.4. The number of carbonyl (C=O) groups is 1. The van der Waals surface area contributed by atoms with E-state index in [2.05, 4.69) is 43.1 Å². The molecule has 0 aliphatic carbocycles. The average molecular weight is 383 g/mol.